The molecule has 1 amide bonds. The van der Waals surface area contributed by atoms with Gasteiger partial charge in [-0.1, -0.05) is 18.2 Å². The molecule has 1 aliphatic heterocycles. The van der Waals surface area contributed by atoms with Gasteiger partial charge in [0.2, 0.25) is 10.0 Å². The fourth-order valence-corrected chi connectivity index (χ4v) is 5.28. The second-order valence-electron chi connectivity index (χ2n) is 7.36. The highest BCUT2D eigenvalue weighted by atomic mass is 32.2. The van der Waals surface area contributed by atoms with Crippen molar-refractivity contribution in [3.05, 3.63) is 84.2 Å². The number of hydrogen-bond acceptors (Lipinski definition) is 6. The van der Waals surface area contributed by atoms with Crippen LogP contribution in [0.25, 0.3) is 0 Å². The van der Waals surface area contributed by atoms with Gasteiger partial charge in [0.05, 0.1) is 18.6 Å². The highest BCUT2D eigenvalue weighted by Crippen LogP contribution is 2.32. The lowest BCUT2D eigenvalue weighted by atomic mass is 10.1. The van der Waals surface area contributed by atoms with Gasteiger partial charge in [-0.15, -0.1) is 0 Å². The number of amides is 1. The smallest absolute Gasteiger partial charge is 0.323 e. The summed E-state index contributed by atoms with van der Waals surface area (Å²) in [6, 6.07) is 14.1. The van der Waals surface area contributed by atoms with Gasteiger partial charge in [0.15, 0.2) is 0 Å². The molecule has 0 radical (unpaired) electrons. The van der Waals surface area contributed by atoms with Gasteiger partial charge >= 0.3 is 5.97 Å². The molecule has 4 rings (SSSR count). The first-order valence-electron chi connectivity index (χ1n) is 10.0. The number of aromatic nitrogens is 1. The minimum absolute atomic E-state index is 0.0686. The van der Waals surface area contributed by atoms with E-state index in [2.05, 4.69) is 4.98 Å². The molecule has 3 aromatic rings. The van der Waals surface area contributed by atoms with E-state index in [1.807, 2.05) is 0 Å². The maximum absolute atomic E-state index is 13.5. The molecule has 0 spiro atoms. The number of sulfonamides is 1. The molecule has 2 heterocycles. The predicted molar refractivity (Wildman–Crippen MR) is 120 cm³/mol. The van der Waals surface area contributed by atoms with Crippen LogP contribution < -0.4 is 9.64 Å². The van der Waals surface area contributed by atoms with E-state index in [0.29, 0.717) is 22.6 Å². The molecule has 0 fully saturated rings. The van der Waals surface area contributed by atoms with Crippen LogP contribution in [0.3, 0.4) is 0 Å². The molecule has 170 valence electrons. The number of para-hydroxylation sites is 1. The molecule has 1 atom stereocenters. The number of nitrogens with zero attached hydrogens (tertiary/aromatic N) is 3. The molecule has 2 aromatic carbocycles. The molecule has 1 aliphatic rings. The monoisotopic (exact) mass is 467 g/mol. The van der Waals surface area contributed by atoms with E-state index in [9.17, 15) is 23.1 Å². The van der Waals surface area contributed by atoms with Crippen molar-refractivity contribution >= 4 is 27.6 Å². The summed E-state index contributed by atoms with van der Waals surface area (Å²) in [6.45, 7) is -0.565. The van der Waals surface area contributed by atoms with Crippen molar-refractivity contribution in [2.45, 2.75) is 17.5 Å². The van der Waals surface area contributed by atoms with E-state index in [0.717, 1.165) is 4.31 Å². The third kappa shape index (κ3) is 4.30. The Bertz CT molecular complexity index is 1280. The van der Waals surface area contributed by atoms with Crippen LogP contribution in [0.4, 0.5) is 5.69 Å². The molecule has 0 saturated carbocycles. The zero-order valence-electron chi connectivity index (χ0n) is 17.7. The molecule has 33 heavy (non-hydrogen) atoms. The summed E-state index contributed by atoms with van der Waals surface area (Å²) in [5, 5.41) is 10.0. The number of aliphatic carboxylic acids is 1. The van der Waals surface area contributed by atoms with Gasteiger partial charge in [0.1, 0.15) is 11.8 Å². The number of fused-ring (bicyclic) bond motifs is 1. The normalized spacial score (nSPS) is 16.5. The maximum atomic E-state index is 13.5. The van der Waals surface area contributed by atoms with Crippen LogP contribution >= 0.6 is 0 Å². The first-order chi connectivity index (χ1) is 15.8. The largest absolute Gasteiger partial charge is 0.497 e. The summed E-state index contributed by atoms with van der Waals surface area (Å²) in [4.78, 5) is 30.7. The average Bonchev–Trinajstić information content (AvgIpc) is 3.02. The quantitative estimate of drug-likeness (QED) is 0.612. The molecule has 0 saturated heterocycles. The molecule has 1 N–H and O–H groups in total. The summed E-state index contributed by atoms with van der Waals surface area (Å²) in [6.07, 6.45) is 2.93. The molecule has 10 heteroatoms. The maximum Gasteiger partial charge on any atom is 0.323 e. The number of anilines is 1. The highest BCUT2D eigenvalue weighted by Gasteiger charge is 2.41. The van der Waals surface area contributed by atoms with Crippen molar-refractivity contribution < 1.29 is 27.9 Å². The van der Waals surface area contributed by atoms with E-state index in [4.69, 9.17) is 4.74 Å². The number of hydrogen-bond donors (Lipinski definition) is 1. The van der Waals surface area contributed by atoms with Gasteiger partial charge < -0.3 is 14.7 Å². The van der Waals surface area contributed by atoms with Crippen molar-refractivity contribution in [2.75, 3.05) is 18.6 Å². The first-order valence-corrected chi connectivity index (χ1v) is 11.5. The zero-order valence-corrected chi connectivity index (χ0v) is 18.5. The highest BCUT2D eigenvalue weighted by molar-refractivity contribution is 7.89. The number of benzene rings is 2. The van der Waals surface area contributed by atoms with Crippen LogP contribution in [-0.4, -0.2) is 54.4 Å². The molecule has 1 unspecified atom stereocenters. The van der Waals surface area contributed by atoms with Crippen molar-refractivity contribution in [3.8, 4) is 5.75 Å². The lowest BCUT2D eigenvalue weighted by molar-refractivity contribution is -0.141. The third-order valence-corrected chi connectivity index (χ3v) is 7.30. The van der Waals surface area contributed by atoms with E-state index in [-0.39, 0.29) is 18.0 Å². The predicted octanol–water partition coefficient (Wildman–Crippen LogP) is 2.39. The SMILES string of the molecule is COc1ccc(S(=O)(=O)N2Cc3ccccc3N(C(=O)c3ccncc3)CC2C(=O)O)cc1. The Morgan fingerprint density at radius 3 is 2.33 bits per heavy atom. The molecular formula is C23H21N3O6S. The number of carboxylic acids is 1. The molecular weight excluding hydrogens is 446 g/mol. The van der Waals surface area contributed by atoms with Gasteiger partial charge in [-0.05, 0) is 48.0 Å². The molecule has 9 nitrogen and oxygen atoms in total. The van der Waals surface area contributed by atoms with Gasteiger partial charge in [0, 0.05) is 30.2 Å². The van der Waals surface area contributed by atoms with Crippen LogP contribution in [0.2, 0.25) is 0 Å². The number of carboxylic acid groups (broad SMARTS) is 1. The van der Waals surface area contributed by atoms with Gasteiger partial charge in [-0.2, -0.15) is 4.31 Å². The standard InChI is InChI=1S/C23H21N3O6S/c1-32-18-6-8-19(9-7-18)33(30,31)26-14-17-4-2-3-5-20(17)25(15-21(26)23(28)29)22(27)16-10-12-24-13-11-16/h2-13,21H,14-15H2,1H3,(H,28,29). The van der Waals surface area contributed by atoms with Crippen LogP contribution in [0.1, 0.15) is 15.9 Å². The fraction of sp³-hybridized carbons (Fsp3) is 0.174. The van der Waals surface area contributed by atoms with E-state index in [1.165, 1.54) is 60.8 Å². The van der Waals surface area contributed by atoms with Crippen molar-refractivity contribution in [1.29, 1.82) is 0 Å². The fourth-order valence-electron chi connectivity index (χ4n) is 3.73. The Morgan fingerprint density at radius 1 is 1.03 bits per heavy atom. The molecule has 0 bridgehead atoms. The number of pyridine rings is 1. The Morgan fingerprint density at radius 2 is 1.70 bits per heavy atom. The van der Waals surface area contributed by atoms with Crippen LogP contribution in [0.15, 0.2) is 78.0 Å². The topological polar surface area (TPSA) is 117 Å². The van der Waals surface area contributed by atoms with Crippen LogP contribution in [-0.2, 0) is 21.4 Å². The minimum Gasteiger partial charge on any atom is -0.497 e. The summed E-state index contributed by atoms with van der Waals surface area (Å²) in [7, 11) is -2.75. The second kappa shape index (κ2) is 9.00. The molecule has 1 aromatic heterocycles. The average molecular weight is 468 g/mol. The van der Waals surface area contributed by atoms with Crippen molar-refractivity contribution in [1.82, 2.24) is 9.29 Å². The molecule has 0 aliphatic carbocycles. The lowest BCUT2D eigenvalue weighted by Gasteiger charge is -2.28. The van der Waals surface area contributed by atoms with Crippen molar-refractivity contribution in [2.24, 2.45) is 0 Å². The van der Waals surface area contributed by atoms with Crippen LogP contribution in [0, 0.1) is 0 Å². The Hall–Kier alpha value is -3.76. The number of carbonyl (C=O) groups excluding carboxylic acids is 1. The van der Waals surface area contributed by atoms with Crippen LogP contribution in [0.5, 0.6) is 5.75 Å². The van der Waals surface area contributed by atoms with Gasteiger partial charge in [-0.25, -0.2) is 8.42 Å². The van der Waals surface area contributed by atoms with Gasteiger partial charge in [-0.3, -0.25) is 14.6 Å². The van der Waals surface area contributed by atoms with E-state index < -0.39 is 27.9 Å². The first kappa shape index (κ1) is 22.4. The van der Waals surface area contributed by atoms with E-state index >= 15 is 0 Å². The number of ether oxygens (including phenoxy) is 1. The second-order valence-corrected chi connectivity index (χ2v) is 9.25. The van der Waals surface area contributed by atoms with Crippen molar-refractivity contribution in [3.63, 3.8) is 0 Å². The van der Waals surface area contributed by atoms with Gasteiger partial charge in [0.25, 0.3) is 5.91 Å². The summed E-state index contributed by atoms with van der Waals surface area (Å²) < 4.78 is 33.1. The third-order valence-electron chi connectivity index (χ3n) is 5.44. The Labute approximate surface area is 190 Å². The lowest BCUT2D eigenvalue weighted by Crippen LogP contribution is -2.50. The summed E-state index contributed by atoms with van der Waals surface area (Å²) >= 11 is 0. The zero-order chi connectivity index (χ0) is 23.6. The number of methoxy groups -OCH3 is 1. The van der Waals surface area contributed by atoms with E-state index in [1.54, 1.807) is 24.3 Å². The summed E-state index contributed by atoms with van der Waals surface area (Å²) in [5.74, 6) is -1.33. The number of carbonyl (C=O) groups is 2. The number of rotatable bonds is 5. The Kier molecular flexibility index (Phi) is 6.12. The Balaban J connectivity index is 1.81. The summed E-state index contributed by atoms with van der Waals surface area (Å²) in [5.41, 5.74) is 1.29. The minimum atomic E-state index is -4.21.